The van der Waals surface area contributed by atoms with Gasteiger partial charge in [0.15, 0.2) is 0 Å². The molecule has 0 atom stereocenters. The first-order valence-corrected chi connectivity index (χ1v) is 5.46. The van der Waals surface area contributed by atoms with Crippen molar-refractivity contribution in [1.29, 1.82) is 0 Å². The number of carbonyl (C=O) groups excluding carboxylic acids is 1. The van der Waals surface area contributed by atoms with Crippen LogP contribution in [0.25, 0.3) is 0 Å². The van der Waals surface area contributed by atoms with Crippen LogP contribution in [0.4, 0.5) is 0 Å². The summed E-state index contributed by atoms with van der Waals surface area (Å²) in [6.07, 6.45) is 7.46. The van der Waals surface area contributed by atoms with Crippen LogP contribution in [0.2, 0.25) is 0 Å². The summed E-state index contributed by atoms with van der Waals surface area (Å²) in [4.78, 5) is 15.3. The molecule has 0 radical (unpaired) electrons. The van der Waals surface area contributed by atoms with E-state index in [4.69, 9.17) is 0 Å². The van der Waals surface area contributed by atoms with Crippen LogP contribution in [-0.4, -0.2) is 26.0 Å². The van der Waals surface area contributed by atoms with E-state index in [1.165, 1.54) is 7.11 Å². The number of aliphatic imine (C=N–C) groups is 1. The van der Waals surface area contributed by atoms with Crippen molar-refractivity contribution in [2.24, 2.45) is 4.99 Å². The van der Waals surface area contributed by atoms with Gasteiger partial charge in [-0.05, 0) is 25.5 Å². The standard InChI is InChI=1S/C13H20N2O2/c1-5-7-11(3)15-10-14-9-8-12(6-2)13(16)17-4/h5,7-9,15H,1,6,10H2,2-4H3/b11-7+,12-8+,14-9-. The Balaban J connectivity index is 4.16. The minimum absolute atomic E-state index is 0.311. The number of nitrogens with one attached hydrogen (secondary N) is 1. The summed E-state index contributed by atoms with van der Waals surface area (Å²) in [5.41, 5.74) is 1.60. The van der Waals surface area contributed by atoms with Crippen molar-refractivity contribution in [3.63, 3.8) is 0 Å². The number of carbonyl (C=O) groups is 1. The number of hydrogen-bond acceptors (Lipinski definition) is 4. The average Bonchev–Trinajstić information content (AvgIpc) is 2.33. The van der Waals surface area contributed by atoms with Crippen LogP contribution in [-0.2, 0) is 9.53 Å². The molecule has 0 rings (SSSR count). The van der Waals surface area contributed by atoms with Crippen molar-refractivity contribution in [2.45, 2.75) is 20.3 Å². The molecule has 0 amide bonds. The number of methoxy groups -OCH3 is 1. The molecule has 0 aliphatic rings. The summed E-state index contributed by atoms with van der Waals surface area (Å²) in [7, 11) is 1.37. The number of nitrogens with zero attached hydrogens (tertiary/aromatic N) is 1. The molecule has 94 valence electrons. The average molecular weight is 236 g/mol. The molecule has 0 heterocycles. The SMILES string of the molecule is C=C/C=C(\C)NC/N=C\C=C(/CC)C(=O)OC. The summed E-state index contributed by atoms with van der Waals surface area (Å²) in [6, 6.07) is 0. The maximum absolute atomic E-state index is 11.2. The van der Waals surface area contributed by atoms with E-state index >= 15 is 0 Å². The molecule has 17 heavy (non-hydrogen) atoms. The smallest absolute Gasteiger partial charge is 0.333 e. The van der Waals surface area contributed by atoms with E-state index in [-0.39, 0.29) is 5.97 Å². The fourth-order valence-corrected chi connectivity index (χ4v) is 1.06. The van der Waals surface area contributed by atoms with Gasteiger partial charge in [-0.15, -0.1) is 0 Å². The van der Waals surface area contributed by atoms with Gasteiger partial charge in [0.25, 0.3) is 0 Å². The molecule has 0 spiro atoms. The predicted molar refractivity (Wildman–Crippen MR) is 70.8 cm³/mol. The Morgan fingerprint density at radius 3 is 2.71 bits per heavy atom. The molecule has 1 N–H and O–H groups in total. The number of ether oxygens (including phenoxy) is 1. The Kier molecular flexibility index (Phi) is 8.37. The quantitative estimate of drug-likeness (QED) is 0.319. The van der Waals surface area contributed by atoms with Gasteiger partial charge in [-0.1, -0.05) is 19.6 Å². The molecular weight excluding hydrogens is 216 g/mol. The summed E-state index contributed by atoms with van der Waals surface area (Å²) >= 11 is 0. The van der Waals surface area contributed by atoms with Crippen molar-refractivity contribution in [3.8, 4) is 0 Å². The molecule has 0 unspecified atom stereocenters. The van der Waals surface area contributed by atoms with Crippen molar-refractivity contribution >= 4 is 12.2 Å². The van der Waals surface area contributed by atoms with Gasteiger partial charge in [0.1, 0.15) is 6.67 Å². The second-order valence-corrected chi connectivity index (χ2v) is 3.29. The van der Waals surface area contributed by atoms with Crippen LogP contribution in [0.3, 0.4) is 0 Å². The Bertz CT molecular complexity index is 341. The van der Waals surface area contributed by atoms with E-state index in [2.05, 4.69) is 21.6 Å². The lowest BCUT2D eigenvalue weighted by molar-refractivity contribution is -0.136. The van der Waals surface area contributed by atoms with Gasteiger partial charge < -0.3 is 10.1 Å². The molecule has 0 aliphatic carbocycles. The topological polar surface area (TPSA) is 50.7 Å². The zero-order valence-corrected chi connectivity index (χ0v) is 10.7. The molecule has 4 heteroatoms. The molecule has 0 saturated carbocycles. The number of rotatable bonds is 7. The van der Waals surface area contributed by atoms with Gasteiger partial charge in [-0.3, -0.25) is 4.99 Å². The number of allylic oxidation sites excluding steroid dienone is 4. The molecule has 0 bridgehead atoms. The Morgan fingerprint density at radius 2 is 2.18 bits per heavy atom. The summed E-state index contributed by atoms with van der Waals surface area (Å²) in [5, 5.41) is 3.06. The zero-order chi connectivity index (χ0) is 13.1. The van der Waals surface area contributed by atoms with Crippen LogP contribution in [0.5, 0.6) is 0 Å². The second-order valence-electron chi connectivity index (χ2n) is 3.29. The first-order chi connectivity index (χ1) is 8.15. The Morgan fingerprint density at radius 1 is 1.47 bits per heavy atom. The van der Waals surface area contributed by atoms with E-state index in [0.717, 1.165) is 5.70 Å². The number of hydrogen-bond donors (Lipinski definition) is 1. The zero-order valence-electron chi connectivity index (χ0n) is 10.7. The summed E-state index contributed by atoms with van der Waals surface area (Å²) < 4.78 is 4.63. The normalized spacial score (nSPS) is 12.6. The monoisotopic (exact) mass is 236 g/mol. The molecule has 4 nitrogen and oxygen atoms in total. The van der Waals surface area contributed by atoms with Gasteiger partial charge in [-0.25, -0.2) is 4.79 Å². The van der Waals surface area contributed by atoms with Gasteiger partial charge >= 0.3 is 5.97 Å². The molecule has 0 aromatic rings. The summed E-state index contributed by atoms with van der Waals surface area (Å²) in [6.45, 7) is 7.88. The lowest BCUT2D eigenvalue weighted by atomic mass is 10.2. The lowest BCUT2D eigenvalue weighted by Gasteiger charge is -2.01. The highest BCUT2D eigenvalue weighted by Crippen LogP contribution is 2.01. The molecule has 0 saturated heterocycles. The molecule has 0 aromatic heterocycles. The minimum Gasteiger partial charge on any atom is -0.466 e. The third-order valence-electron chi connectivity index (χ3n) is 2.03. The van der Waals surface area contributed by atoms with E-state index in [1.807, 2.05) is 19.9 Å². The Hall–Kier alpha value is -1.84. The highest BCUT2D eigenvalue weighted by molar-refractivity contribution is 5.93. The molecular formula is C13H20N2O2. The summed E-state index contributed by atoms with van der Waals surface area (Å²) in [5.74, 6) is -0.311. The van der Waals surface area contributed by atoms with Crippen LogP contribution < -0.4 is 5.32 Å². The van der Waals surface area contributed by atoms with Crippen molar-refractivity contribution < 1.29 is 9.53 Å². The predicted octanol–water partition coefficient (Wildman–Crippen LogP) is 2.20. The van der Waals surface area contributed by atoms with E-state index in [0.29, 0.717) is 18.7 Å². The van der Waals surface area contributed by atoms with Crippen LogP contribution in [0.15, 0.2) is 41.1 Å². The highest BCUT2D eigenvalue weighted by atomic mass is 16.5. The van der Waals surface area contributed by atoms with Crippen LogP contribution in [0, 0.1) is 0 Å². The van der Waals surface area contributed by atoms with Crippen LogP contribution in [0.1, 0.15) is 20.3 Å². The molecule has 0 aromatic carbocycles. The van der Waals surface area contributed by atoms with Crippen molar-refractivity contribution in [1.82, 2.24) is 5.32 Å². The highest BCUT2D eigenvalue weighted by Gasteiger charge is 2.04. The first kappa shape index (κ1) is 15.2. The first-order valence-electron chi connectivity index (χ1n) is 5.46. The van der Waals surface area contributed by atoms with Crippen molar-refractivity contribution in [3.05, 3.63) is 36.1 Å². The lowest BCUT2D eigenvalue weighted by Crippen LogP contribution is -2.10. The fourth-order valence-electron chi connectivity index (χ4n) is 1.06. The Labute approximate surface area is 103 Å². The maximum Gasteiger partial charge on any atom is 0.333 e. The van der Waals surface area contributed by atoms with E-state index in [1.54, 1.807) is 18.4 Å². The maximum atomic E-state index is 11.2. The largest absolute Gasteiger partial charge is 0.466 e. The van der Waals surface area contributed by atoms with Gasteiger partial charge in [0.05, 0.1) is 7.11 Å². The van der Waals surface area contributed by atoms with Gasteiger partial charge in [0.2, 0.25) is 0 Å². The van der Waals surface area contributed by atoms with Gasteiger partial charge in [0, 0.05) is 17.5 Å². The van der Waals surface area contributed by atoms with Gasteiger partial charge in [-0.2, -0.15) is 0 Å². The molecule has 0 fully saturated rings. The van der Waals surface area contributed by atoms with E-state index in [9.17, 15) is 4.79 Å². The third kappa shape index (κ3) is 7.11. The second kappa shape index (κ2) is 9.39. The van der Waals surface area contributed by atoms with Crippen LogP contribution >= 0.6 is 0 Å². The molecule has 0 aliphatic heterocycles. The fraction of sp³-hybridized carbons (Fsp3) is 0.385. The number of esters is 1. The minimum atomic E-state index is -0.311. The van der Waals surface area contributed by atoms with Crippen molar-refractivity contribution in [2.75, 3.05) is 13.8 Å². The third-order valence-corrected chi connectivity index (χ3v) is 2.03. The van der Waals surface area contributed by atoms with E-state index < -0.39 is 0 Å².